The Bertz CT molecular complexity index is 1280. The molecule has 5 aliphatic rings. The van der Waals surface area contributed by atoms with E-state index >= 15 is 0 Å². The van der Waals surface area contributed by atoms with Crippen LogP contribution in [0.15, 0.2) is 36.5 Å². The van der Waals surface area contributed by atoms with Gasteiger partial charge in [0.05, 0.1) is 37.8 Å². The number of nitrogens with zero attached hydrogens (tertiary/aromatic N) is 3. The molecule has 2 aliphatic heterocycles. The second-order valence-corrected chi connectivity index (χ2v) is 11.8. The molecular formula is C30H38FN5O. The number of alkyl halides is 1. The van der Waals surface area contributed by atoms with E-state index in [2.05, 4.69) is 57.4 Å². The zero-order valence-electron chi connectivity index (χ0n) is 21.9. The molecule has 4 fully saturated rings. The van der Waals surface area contributed by atoms with Crippen molar-refractivity contribution in [3.8, 4) is 5.75 Å². The van der Waals surface area contributed by atoms with Crippen LogP contribution in [0.5, 0.6) is 5.75 Å². The number of aromatic nitrogens is 2. The van der Waals surface area contributed by atoms with Crippen LogP contribution in [0.25, 0.3) is 10.9 Å². The lowest BCUT2D eigenvalue weighted by molar-refractivity contribution is 0.0682. The SMILES string of the molecule is COc1cc(NC2CN(CCCF)C2)cnc1[C@@H]1c2[nH]c3ccccc3c2C[C@@H](C)N1[C@@H]1CC2CC1C2. The van der Waals surface area contributed by atoms with Gasteiger partial charge in [-0.2, -0.15) is 0 Å². The summed E-state index contributed by atoms with van der Waals surface area (Å²) in [6.45, 7) is 4.89. The first kappa shape index (κ1) is 23.5. The van der Waals surface area contributed by atoms with Gasteiger partial charge in [0.15, 0.2) is 0 Å². The minimum atomic E-state index is -0.242. The third-order valence-electron chi connectivity index (χ3n) is 9.50. The van der Waals surface area contributed by atoms with Crippen molar-refractivity contribution >= 4 is 16.6 Å². The average molecular weight is 504 g/mol. The van der Waals surface area contributed by atoms with Crippen LogP contribution in [0.1, 0.15) is 55.6 Å². The fourth-order valence-electron chi connectivity index (χ4n) is 7.73. The third-order valence-corrected chi connectivity index (χ3v) is 9.50. The zero-order chi connectivity index (χ0) is 25.1. The normalized spacial score (nSPS) is 29.6. The molecule has 1 aromatic carbocycles. The van der Waals surface area contributed by atoms with E-state index in [1.807, 2.05) is 6.20 Å². The Labute approximate surface area is 218 Å². The van der Waals surface area contributed by atoms with Crippen molar-refractivity contribution in [3.63, 3.8) is 0 Å². The van der Waals surface area contributed by atoms with Crippen molar-refractivity contribution < 1.29 is 9.13 Å². The van der Waals surface area contributed by atoms with Crippen molar-refractivity contribution in [1.82, 2.24) is 19.8 Å². The number of hydrogen-bond donors (Lipinski definition) is 2. The first-order valence-electron chi connectivity index (χ1n) is 14.1. The van der Waals surface area contributed by atoms with Gasteiger partial charge in [0.25, 0.3) is 0 Å². The number of methoxy groups -OCH3 is 1. The number of ether oxygens (including phenoxy) is 1. The Balaban J connectivity index is 1.23. The third kappa shape index (κ3) is 3.93. The lowest BCUT2D eigenvalue weighted by atomic mass is 9.82. The van der Waals surface area contributed by atoms with Crippen molar-refractivity contribution in [1.29, 1.82) is 0 Å². The van der Waals surface area contributed by atoms with Gasteiger partial charge in [0, 0.05) is 54.4 Å². The molecule has 1 saturated heterocycles. The molecule has 3 saturated carbocycles. The minimum Gasteiger partial charge on any atom is -0.495 e. The lowest BCUT2D eigenvalue weighted by Crippen LogP contribution is -2.54. The zero-order valence-corrected chi connectivity index (χ0v) is 21.9. The number of fused-ring (bicyclic) bond motifs is 4. The summed E-state index contributed by atoms with van der Waals surface area (Å²) < 4.78 is 18.5. The Kier molecular flexibility index (Phi) is 5.89. The van der Waals surface area contributed by atoms with Crippen LogP contribution < -0.4 is 10.1 Å². The van der Waals surface area contributed by atoms with Gasteiger partial charge in [-0.1, -0.05) is 18.2 Å². The number of benzene rings is 1. The topological polar surface area (TPSA) is 56.4 Å². The summed E-state index contributed by atoms with van der Waals surface area (Å²) in [4.78, 5) is 14.0. The molecule has 3 atom stereocenters. The highest BCUT2D eigenvalue weighted by molar-refractivity contribution is 5.85. The fraction of sp³-hybridized carbons (Fsp3) is 0.567. The summed E-state index contributed by atoms with van der Waals surface area (Å²) in [7, 11) is 1.77. The minimum absolute atomic E-state index is 0.0550. The van der Waals surface area contributed by atoms with Crippen molar-refractivity contribution in [2.45, 2.75) is 63.2 Å². The summed E-state index contributed by atoms with van der Waals surface area (Å²) in [5.41, 5.74) is 5.93. The van der Waals surface area contributed by atoms with Crippen LogP contribution >= 0.6 is 0 Å². The van der Waals surface area contributed by atoms with Gasteiger partial charge in [0.2, 0.25) is 0 Å². The van der Waals surface area contributed by atoms with Gasteiger partial charge in [-0.25, -0.2) is 0 Å². The van der Waals surface area contributed by atoms with E-state index in [1.54, 1.807) is 7.11 Å². The van der Waals surface area contributed by atoms with Crippen molar-refractivity contribution in [2.75, 3.05) is 38.7 Å². The predicted molar refractivity (Wildman–Crippen MR) is 145 cm³/mol. The summed E-state index contributed by atoms with van der Waals surface area (Å²) >= 11 is 0. The second-order valence-electron chi connectivity index (χ2n) is 11.8. The Morgan fingerprint density at radius 1 is 1.19 bits per heavy atom. The molecule has 8 rings (SSSR count). The molecule has 0 spiro atoms. The Morgan fingerprint density at radius 2 is 2.03 bits per heavy atom. The van der Waals surface area contributed by atoms with E-state index < -0.39 is 0 Å². The molecular weight excluding hydrogens is 465 g/mol. The molecule has 6 nitrogen and oxygen atoms in total. The molecule has 4 heterocycles. The van der Waals surface area contributed by atoms with E-state index in [1.165, 1.54) is 41.4 Å². The van der Waals surface area contributed by atoms with Gasteiger partial charge in [0.1, 0.15) is 11.4 Å². The molecule has 3 aromatic rings. The highest BCUT2D eigenvalue weighted by Crippen LogP contribution is 2.55. The van der Waals surface area contributed by atoms with E-state index in [-0.39, 0.29) is 12.7 Å². The molecule has 0 radical (unpaired) electrons. The van der Waals surface area contributed by atoms with E-state index in [9.17, 15) is 4.39 Å². The molecule has 196 valence electrons. The number of likely N-dealkylation sites (tertiary alicyclic amines) is 1. The summed E-state index contributed by atoms with van der Waals surface area (Å²) in [6.07, 6.45) is 7.74. The number of pyridine rings is 1. The summed E-state index contributed by atoms with van der Waals surface area (Å²) in [5.74, 6) is 2.56. The number of hydrogen-bond acceptors (Lipinski definition) is 5. The maximum Gasteiger partial charge on any atom is 0.144 e. The van der Waals surface area contributed by atoms with Crippen LogP contribution in [-0.4, -0.2) is 71.3 Å². The molecule has 2 N–H and O–H groups in total. The number of para-hydroxylation sites is 1. The molecule has 0 amide bonds. The van der Waals surface area contributed by atoms with Gasteiger partial charge in [-0.15, -0.1) is 0 Å². The van der Waals surface area contributed by atoms with Crippen molar-refractivity contribution in [3.05, 3.63) is 53.5 Å². The summed E-state index contributed by atoms with van der Waals surface area (Å²) in [5, 5.41) is 4.96. The van der Waals surface area contributed by atoms with Crippen LogP contribution in [0.2, 0.25) is 0 Å². The number of H-pyrrole nitrogens is 1. The highest BCUT2D eigenvalue weighted by Gasteiger charge is 2.52. The lowest BCUT2D eigenvalue weighted by Gasteiger charge is -2.45. The van der Waals surface area contributed by atoms with Crippen LogP contribution in [0.3, 0.4) is 0 Å². The monoisotopic (exact) mass is 503 g/mol. The molecule has 2 aromatic heterocycles. The van der Waals surface area contributed by atoms with Gasteiger partial charge in [-0.05, 0) is 62.5 Å². The van der Waals surface area contributed by atoms with Gasteiger partial charge >= 0.3 is 0 Å². The quantitative estimate of drug-likeness (QED) is 0.445. The molecule has 7 heteroatoms. The molecule has 37 heavy (non-hydrogen) atoms. The van der Waals surface area contributed by atoms with Crippen molar-refractivity contribution in [2.24, 2.45) is 11.8 Å². The van der Waals surface area contributed by atoms with Gasteiger partial charge in [-0.3, -0.25) is 19.2 Å². The predicted octanol–water partition coefficient (Wildman–Crippen LogP) is 5.16. The Morgan fingerprint density at radius 3 is 2.78 bits per heavy atom. The molecule has 0 unspecified atom stereocenters. The smallest absolute Gasteiger partial charge is 0.144 e. The fourth-order valence-corrected chi connectivity index (χ4v) is 7.73. The number of halogens is 1. The van der Waals surface area contributed by atoms with E-state index in [4.69, 9.17) is 9.72 Å². The Hall–Kier alpha value is -2.64. The number of anilines is 1. The standard InChI is InChI=1S/C30H38FN5O/c1-18-10-24-23-6-3-4-7-25(23)34-28(24)30(36(18)26-13-19-11-20(26)12-19)29-27(37-2)14-21(15-32-29)33-22-16-35(17-22)9-5-8-31/h3-4,6-7,14-15,18-20,22,26,30,33-34H,5,8-13,16-17H2,1-2H3/t18-,19?,20?,26-,30+/m1/s1. The first-order valence-corrected chi connectivity index (χ1v) is 14.1. The van der Waals surface area contributed by atoms with Crippen LogP contribution in [0, 0.1) is 11.8 Å². The number of aromatic amines is 1. The molecule has 3 aliphatic carbocycles. The van der Waals surface area contributed by atoms with E-state index in [0.29, 0.717) is 24.5 Å². The largest absolute Gasteiger partial charge is 0.495 e. The highest BCUT2D eigenvalue weighted by atomic mass is 19.1. The first-order chi connectivity index (χ1) is 18.1. The number of nitrogens with one attached hydrogen (secondary N) is 2. The number of rotatable bonds is 8. The van der Waals surface area contributed by atoms with Crippen LogP contribution in [0.4, 0.5) is 10.1 Å². The van der Waals surface area contributed by atoms with Gasteiger partial charge < -0.3 is 15.0 Å². The maximum atomic E-state index is 12.5. The second kappa shape index (κ2) is 9.28. The average Bonchev–Trinajstić information content (AvgIpc) is 3.57. The van der Waals surface area contributed by atoms with E-state index in [0.717, 1.165) is 55.0 Å². The summed E-state index contributed by atoms with van der Waals surface area (Å²) in [6, 6.07) is 12.3. The maximum absolute atomic E-state index is 12.5. The molecule has 2 bridgehead atoms. The van der Waals surface area contributed by atoms with Crippen LogP contribution in [-0.2, 0) is 6.42 Å².